The molecule has 3 heteroatoms. The third-order valence-electron chi connectivity index (χ3n) is 4.64. The van der Waals surface area contributed by atoms with Gasteiger partial charge in [-0.15, -0.1) is 39.5 Å². The summed E-state index contributed by atoms with van der Waals surface area (Å²) in [5.74, 6) is 0. The minimum absolute atomic E-state index is 0.839. The van der Waals surface area contributed by atoms with Crippen LogP contribution in [-0.4, -0.2) is 16.1 Å². The third kappa shape index (κ3) is 6.18. The summed E-state index contributed by atoms with van der Waals surface area (Å²) in [4.78, 5) is 0. The summed E-state index contributed by atoms with van der Waals surface area (Å²) >= 11 is 0. The van der Waals surface area contributed by atoms with Crippen LogP contribution in [0, 0.1) is 0 Å². The molecular weight excluding hydrogens is 336 g/mol. The van der Waals surface area contributed by atoms with Gasteiger partial charge in [-0.25, -0.2) is 0 Å². The van der Waals surface area contributed by atoms with Gasteiger partial charge in [0, 0.05) is 0 Å². The molecule has 0 rings (SSSR count). The van der Waals surface area contributed by atoms with E-state index in [4.69, 9.17) is 4.74 Å². The van der Waals surface area contributed by atoms with Gasteiger partial charge in [0.05, 0.1) is 10.8 Å². The smallest absolute Gasteiger partial charge is 0.142 e. The zero-order valence-electron chi connectivity index (χ0n) is 15.8. The predicted octanol–water partition coefficient (Wildman–Crippen LogP) is 7.12. The first-order chi connectivity index (χ1) is 11.9. The normalized spacial score (nSPS) is 11.0. The molecule has 0 N–H and O–H groups in total. The highest BCUT2D eigenvalue weighted by atomic mass is 28.3. The Morgan fingerprint density at radius 3 is 0.880 bits per heavy atom. The standard InChI is InChI=1S/C22H34OSi2/c1-9-15-24(16-10-2,17-11-3)21(7)23-22(8)25(18-12-4,19-13-5)20-14-6/h9-14H,1-8,15-20H2. The molecule has 0 radical (unpaired) electrons. The van der Waals surface area contributed by atoms with Gasteiger partial charge in [-0.05, 0) is 36.3 Å². The maximum absolute atomic E-state index is 6.34. The Balaban J connectivity index is 5.70. The minimum atomic E-state index is -2.00. The summed E-state index contributed by atoms with van der Waals surface area (Å²) in [6.07, 6.45) is 11.7. The van der Waals surface area contributed by atoms with Crippen LogP contribution in [0.2, 0.25) is 36.3 Å². The van der Waals surface area contributed by atoms with Crippen LogP contribution in [0.25, 0.3) is 0 Å². The molecule has 136 valence electrons. The van der Waals surface area contributed by atoms with Gasteiger partial charge in [0.15, 0.2) is 0 Å². The fourth-order valence-electron chi connectivity index (χ4n) is 3.21. The maximum Gasteiger partial charge on any atom is 0.142 e. The lowest BCUT2D eigenvalue weighted by atomic mass is 10.7. The van der Waals surface area contributed by atoms with Gasteiger partial charge in [0.25, 0.3) is 0 Å². The van der Waals surface area contributed by atoms with Crippen LogP contribution in [0.4, 0.5) is 0 Å². The monoisotopic (exact) mass is 370 g/mol. The van der Waals surface area contributed by atoms with Crippen molar-refractivity contribution in [3.05, 3.63) is 99.9 Å². The molecule has 0 unspecified atom stereocenters. The average molecular weight is 371 g/mol. The van der Waals surface area contributed by atoms with E-state index in [-0.39, 0.29) is 0 Å². The molecule has 0 spiro atoms. The van der Waals surface area contributed by atoms with E-state index in [9.17, 15) is 0 Å². The van der Waals surface area contributed by atoms with E-state index in [1.54, 1.807) is 0 Å². The van der Waals surface area contributed by atoms with Gasteiger partial charge in [-0.2, -0.15) is 0 Å². The predicted molar refractivity (Wildman–Crippen MR) is 121 cm³/mol. The first kappa shape index (κ1) is 23.2. The van der Waals surface area contributed by atoms with Crippen molar-refractivity contribution >= 4 is 16.1 Å². The molecule has 0 heterocycles. The summed E-state index contributed by atoms with van der Waals surface area (Å²) in [5.41, 5.74) is 0. The van der Waals surface area contributed by atoms with Crippen molar-refractivity contribution in [2.24, 2.45) is 0 Å². The maximum atomic E-state index is 6.34. The molecule has 0 saturated carbocycles. The Bertz CT molecular complexity index is 441. The van der Waals surface area contributed by atoms with E-state index in [0.29, 0.717) is 0 Å². The molecule has 0 atom stereocenters. The van der Waals surface area contributed by atoms with E-state index in [2.05, 4.69) is 52.6 Å². The number of allylic oxidation sites excluding steroid dienone is 6. The summed E-state index contributed by atoms with van der Waals surface area (Å²) in [6.45, 7) is 32.1. The van der Waals surface area contributed by atoms with Gasteiger partial charge in [-0.3, -0.25) is 0 Å². The Labute approximate surface area is 157 Å². The highest BCUT2D eigenvalue weighted by molar-refractivity contribution is 6.88. The molecule has 0 bridgehead atoms. The van der Waals surface area contributed by atoms with Gasteiger partial charge >= 0.3 is 0 Å². The number of hydrogen-bond acceptors (Lipinski definition) is 1. The summed E-state index contributed by atoms with van der Waals surface area (Å²) in [6, 6.07) is 5.31. The van der Waals surface area contributed by atoms with Crippen LogP contribution in [-0.2, 0) is 4.74 Å². The van der Waals surface area contributed by atoms with Crippen molar-refractivity contribution in [3.8, 4) is 0 Å². The number of rotatable bonds is 16. The summed E-state index contributed by atoms with van der Waals surface area (Å²) in [7, 11) is -3.99. The summed E-state index contributed by atoms with van der Waals surface area (Å²) in [5, 5.41) is 1.68. The summed E-state index contributed by atoms with van der Waals surface area (Å²) < 4.78 is 6.34. The Morgan fingerprint density at radius 1 is 0.520 bits per heavy atom. The van der Waals surface area contributed by atoms with Gasteiger partial charge < -0.3 is 4.74 Å². The second kappa shape index (κ2) is 11.7. The molecule has 0 saturated heterocycles. The zero-order chi connectivity index (χ0) is 19.3. The van der Waals surface area contributed by atoms with Crippen molar-refractivity contribution in [1.82, 2.24) is 0 Å². The van der Waals surface area contributed by atoms with Crippen LogP contribution in [0.1, 0.15) is 0 Å². The van der Waals surface area contributed by atoms with Crippen LogP contribution < -0.4 is 0 Å². The first-order valence-electron chi connectivity index (χ1n) is 8.64. The number of hydrogen-bond donors (Lipinski definition) is 0. The van der Waals surface area contributed by atoms with Gasteiger partial charge in [0.2, 0.25) is 0 Å². The fraction of sp³-hybridized carbons (Fsp3) is 0.273. The highest BCUT2D eigenvalue weighted by Crippen LogP contribution is 2.36. The topological polar surface area (TPSA) is 9.23 Å². The SMILES string of the molecule is C=CC[Si](CC=C)(CC=C)C(=C)OC(=C)[Si](CC=C)(CC=C)CC=C. The lowest BCUT2D eigenvalue weighted by Gasteiger charge is -2.36. The zero-order valence-corrected chi connectivity index (χ0v) is 17.8. The first-order valence-corrected chi connectivity index (χ1v) is 13.9. The van der Waals surface area contributed by atoms with Crippen LogP contribution in [0.3, 0.4) is 0 Å². The molecule has 0 aliphatic rings. The molecule has 0 aliphatic carbocycles. The molecule has 0 fully saturated rings. The number of ether oxygens (including phenoxy) is 1. The van der Waals surface area contributed by atoms with E-state index >= 15 is 0 Å². The van der Waals surface area contributed by atoms with Crippen molar-refractivity contribution in [2.75, 3.05) is 0 Å². The molecule has 25 heavy (non-hydrogen) atoms. The lowest BCUT2D eigenvalue weighted by Crippen LogP contribution is -2.41. The second-order valence-electron chi connectivity index (χ2n) is 6.47. The average Bonchev–Trinajstić information content (AvgIpc) is 2.55. The Kier molecular flexibility index (Phi) is 10.8. The Hall–Kier alpha value is -1.85. The molecule has 0 aromatic rings. The molecule has 1 nitrogen and oxygen atoms in total. The van der Waals surface area contributed by atoms with Crippen LogP contribution >= 0.6 is 0 Å². The molecule has 0 aromatic heterocycles. The quantitative estimate of drug-likeness (QED) is 0.160. The van der Waals surface area contributed by atoms with E-state index in [0.717, 1.165) is 47.0 Å². The highest BCUT2D eigenvalue weighted by Gasteiger charge is 2.39. The van der Waals surface area contributed by atoms with Crippen molar-refractivity contribution in [3.63, 3.8) is 0 Å². The van der Waals surface area contributed by atoms with Crippen LogP contribution in [0.5, 0.6) is 0 Å². The van der Waals surface area contributed by atoms with Gasteiger partial charge in [-0.1, -0.05) is 49.6 Å². The van der Waals surface area contributed by atoms with E-state index in [1.165, 1.54) is 0 Å². The van der Waals surface area contributed by atoms with E-state index < -0.39 is 16.1 Å². The second-order valence-corrected chi connectivity index (χ2v) is 15.2. The largest absolute Gasteiger partial charge is 0.477 e. The van der Waals surface area contributed by atoms with Crippen molar-refractivity contribution in [2.45, 2.75) is 36.3 Å². The minimum Gasteiger partial charge on any atom is -0.477 e. The molecule has 0 aliphatic heterocycles. The molecular formula is C22H34OSi2. The molecule has 0 aromatic carbocycles. The van der Waals surface area contributed by atoms with Crippen LogP contribution in [0.15, 0.2) is 99.9 Å². The van der Waals surface area contributed by atoms with Crippen molar-refractivity contribution < 1.29 is 4.74 Å². The Morgan fingerprint density at radius 2 is 0.720 bits per heavy atom. The van der Waals surface area contributed by atoms with Crippen molar-refractivity contribution in [1.29, 1.82) is 0 Å². The lowest BCUT2D eigenvalue weighted by molar-refractivity contribution is 0.356. The van der Waals surface area contributed by atoms with E-state index in [1.807, 2.05) is 36.5 Å². The fourth-order valence-corrected chi connectivity index (χ4v) is 9.67. The molecule has 0 amide bonds. The van der Waals surface area contributed by atoms with Gasteiger partial charge in [0.1, 0.15) is 16.1 Å². The third-order valence-corrected chi connectivity index (χ3v) is 13.6.